The number of nitrogen functional groups attached to an aromatic ring is 1. The molecular formula is C11H16N4O4S. The van der Waals surface area contributed by atoms with E-state index in [1.54, 1.807) is 0 Å². The van der Waals surface area contributed by atoms with Gasteiger partial charge < -0.3 is 5.43 Å². The molecule has 0 spiro atoms. The van der Waals surface area contributed by atoms with E-state index in [4.69, 9.17) is 5.84 Å². The van der Waals surface area contributed by atoms with Crippen LogP contribution in [0.3, 0.4) is 0 Å². The molecule has 1 aliphatic carbocycles. The molecule has 1 aromatic rings. The number of hydrogen-bond donors (Lipinski definition) is 3. The van der Waals surface area contributed by atoms with Gasteiger partial charge in [0.15, 0.2) is 0 Å². The van der Waals surface area contributed by atoms with Gasteiger partial charge in [0.05, 0.1) is 10.6 Å². The van der Waals surface area contributed by atoms with E-state index in [9.17, 15) is 18.5 Å². The fourth-order valence-corrected chi connectivity index (χ4v) is 3.27. The first-order valence-corrected chi connectivity index (χ1v) is 7.67. The number of nitrogens with two attached hydrogens (primary N) is 1. The molecule has 1 aromatic carbocycles. The molecule has 4 N–H and O–H groups in total. The van der Waals surface area contributed by atoms with Crippen molar-refractivity contribution >= 4 is 21.4 Å². The zero-order valence-electron chi connectivity index (χ0n) is 10.7. The maximum atomic E-state index is 12.2. The number of non-ortho nitro benzene ring substituents is 1. The van der Waals surface area contributed by atoms with E-state index in [0.29, 0.717) is 12.5 Å². The minimum Gasteiger partial charge on any atom is -0.323 e. The summed E-state index contributed by atoms with van der Waals surface area (Å²) in [5.41, 5.74) is 2.07. The second kappa shape index (κ2) is 5.73. The molecule has 0 radical (unpaired) electrons. The van der Waals surface area contributed by atoms with Crippen LogP contribution in [0.1, 0.15) is 19.3 Å². The lowest BCUT2D eigenvalue weighted by Gasteiger charge is -2.25. The third kappa shape index (κ3) is 3.06. The fourth-order valence-electron chi connectivity index (χ4n) is 1.97. The van der Waals surface area contributed by atoms with Gasteiger partial charge in [-0.2, -0.15) is 0 Å². The molecule has 2 rings (SSSR count). The Morgan fingerprint density at radius 2 is 2.10 bits per heavy atom. The first kappa shape index (κ1) is 14.7. The van der Waals surface area contributed by atoms with Crippen molar-refractivity contribution in [2.45, 2.75) is 24.2 Å². The molecule has 0 unspecified atom stereocenters. The summed E-state index contributed by atoms with van der Waals surface area (Å²) in [7, 11) is -3.83. The van der Waals surface area contributed by atoms with Gasteiger partial charge in [0.2, 0.25) is 10.0 Å². The van der Waals surface area contributed by atoms with Crippen molar-refractivity contribution < 1.29 is 13.3 Å². The lowest BCUT2D eigenvalue weighted by molar-refractivity contribution is -0.385. The predicted molar refractivity (Wildman–Crippen MR) is 73.4 cm³/mol. The summed E-state index contributed by atoms with van der Waals surface area (Å²) in [5, 5.41) is 10.7. The summed E-state index contributed by atoms with van der Waals surface area (Å²) in [6, 6.07) is 3.47. The predicted octanol–water partition coefficient (Wildman–Crippen LogP) is 0.959. The molecule has 0 amide bonds. The third-order valence-electron chi connectivity index (χ3n) is 3.41. The maximum absolute atomic E-state index is 12.2. The zero-order valence-corrected chi connectivity index (χ0v) is 11.5. The summed E-state index contributed by atoms with van der Waals surface area (Å²) in [6.07, 6.45) is 3.11. The number of nitrogens with zero attached hydrogens (tertiary/aromatic N) is 1. The Balaban J connectivity index is 2.27. The summed E-state index contributed by atoms with van der Waals surface area (Å²) >= 11 is 0. The Bertz CT molecular complexity index is 613. The smallest absolute Gasteiger partial charge is 0.270 e. The van der Waals surface area contributed by atoms with Crippen molar-refractivity contribution in [2.75, 3.05) is 12.0 Å². The second-order valence-electron chi connectivity index (χ2n) is 4.73. The number of benzene rings is 1. The van der Waals surface area contributed by atoms with Gasteiger partial charge in [0, 0.05) is 18.7 Å². The van der Waals surface area contributed by atoms with E-state index in [1.807, 2.05) is 0 Å². The molecule has 20 heavy (non-hydrogen) atoms. The highest BCUT2D eigenvalue weighted by Crippen LogP contribution is 2.28. The van der Waals surface area contributed by atoms with E-state index in [-0.39, 0.29) is 16.3 Å². The van der Waals surface area contributed by atoms with Gasteiger partial charge in [-0.15, -0.1) is 0 Å². The van der Waals surface area contributed by atoms with Crippen LogP contribution in [0.4, 0.5) is 11.4 Å². The molecule has 9 heteroatoms. The lowest BCUT2D eigenvalue weighted by atomic mass is 9.86. The monoisotopic (exact) mass is 300 g/mol. The number of sulfonamides is 1. The number of hydrazine groups is 1. The number of nitro groups is 1. The van der Waals surface area contributed by atoms with Gasteiger partial charge >= 0.3 is 0 Å². The van der Waals surface area contributed by atoms with Crippen molar-refractivity contribution in [3.8, 4) is 0 Å². The van der Waals surface area contributed by atoms with Crippen molar-refractivity contribution in [2.24, 2.45) is 11.8 Å². The Kier molecular flexibility index (Phi) is 4.21. The number of rotatable bonds is 6. The van der Waals surface area contributed by atoms with Crippen LogP contribution >= 0.6 is 0 Å². The Labute approximate surface area is 116 Å². The molecule has 110 valence electrons. The van der Waals surface area contributed by atoms with Gasteiger partial charge in [-0.1, -0.05) is 6.42 Å². The highest BCUT2D eigenvalue weighted by molar-refractivity contribution is 7.89. The van der Waals surface area contributed by atoms with Gasteiger partial charge in [0.1, 0.15) is 4.90 Å². The number of anilines is 1. The molecule has 0 aliphatic heterocycles. The van der Waals surface area contributed by atoms with Crippen molar-refractivity contribution in [3.63, 3.8) is 0 Å². The highest BCUT2D eigenvalue weighted by atomic mass is 32.2. The topological polar surface area (TPSA) is 127 Å². The fraction of sp³-hybridized carbons (Fsp3) is 0.455. The quantitative estimate of drug-likeness (QED) is 0.408. The average molecular weight is 300 g/mol. The van der Waals surface area contributed by atoms with E-state index < -0.39 is 14.9 Å². The minimum atomic E-state index is -3.83. The van der Waals surface area contributed by atoms with Crippen LogP contribution in [0, 0.1) is 16.0 Å². The first-order valence-electron chi connectivity index (χ1n) is 6.19. The summed E-state index contributed by atoms with van der Waals surface area (Å²) < 4.78 is 26.9. The van der Waals surface area contributed by atoms with Crippen molar-refractivity contribution in [3.05, 3.63) is 28.3 Å². The van der Waals surface area contributed by atoms with Gasteiger partial charge in [-0.25, -0.2) is 13.1 Å². The van der Waals surface area contributed by atoms with Crippen LogP contribution in [0.5, 0.6) is 0 Å². The molecule has 0 bridgehead atoms. The highest BCUT2D eigenvalue weighted by Gasteiger charge is 2.25. The first-order chi connectivity index (χ1) is 9.44. The molecule has 0 saturated heterocycles. The van der Waals surface area contributed by atoms with Crippen molar-refractivity contribution in [1.82, 2.24) is 4.72 Å². The molecule has 8 nitrogen and oxygen atoms in total. The minimum absolute atomic E-state index is 0.122. The second-order valence-corrected chi connectivity index (χ2v) is 6.47. The molecule has 0 atom stereocenters. The Hall–Kier alpha value is -1.71. The summed E-state index contributed by atoms with van der Waals surface area (Å²) in [6.45, 7) is 0.342. The zero-order chi connectivity index (χ0) is 14.8. The Morgan fingerprint density at radius 1 is 1.40 bits per heavy atom. The van der Waals surface area contributed by atoms with Gasteiger partial charge in [-0.05, 0) is 24.8 Å². The molecule has 0 heterocycles. The maximum Gasteiger partial charge on any atom is 0.270 e. The van der Waals surface area contributed by atoms with Crippen LogP contribution in [-0.2, 0) is 10.0 Å². The van der Waals surface area contributed by atoms with Crippen LogP contribution in [-0.4, -0.2) is 19.9 Å². The van der Waals surface area contributed by atoms with E-state index in [0.717, 1.165) is 25.3 Å². The molecule has 0 aromatic heterocycles. The molecule has 1 saturated carbocycles. The van der Waals surface area contributed by atoms with E-state index in [2.05, 4.69) is 10.1 Å². The SMILES string of the molecule is NNc1ccc([N+](=O)[O-])cc1S(=O)(=O)NCC1CCC1. The van der Waals surface area contributed by atoms with Crippen LogP contribution < -0.4 is 16.0 Å². The summed E-state index contributed by atoms with van der Waals surface area (Å²) in [4.78, 5) is 9.88. The number of hydrogen-bond acceptors (Lipinski definition) is 6. The Morgan fingerprint density at radius 3 is 2.60 bits per heavy atom. The van der Waals surface area contributed by atoms with Crippen LogP contribution in [0.25, 0.3) is 0 Å². The van der Waals surface area contributed by atoms with Crippen LogP contribution in [0.15, 0.2) is 23.1 Å². The number of nitrogens with one attached hydrogen (secondary N) is 2. The molecular weight excluding hydrogens is 284 g/mol. The standard InChI is InChI=1S/C11H16N4O4S/c12-14-10-5-4-9(15(16)17)6-11(10)20(18,19)13-7-8-2-1-3-8/h4-6,8,13-14H,1-3,7,12H2. The molecule has 1 aliphatic rings. The molecule has 1 fully saturated rings. The largest absolute Gasteiger partial charge is 0.323 e. The van der Waals surface area contributed by atoms with Gasteiger partial charge in [0.25, 0.3) is 5.69 Å². The van der Waals surface area contributed by atoms with Crippen LogP contribution in [0.2, 0.25) is 0 Å². The third-order valence-corrected chi connectivity index (χ3v) is 4.87. The average Bonchev–Trinajstić information content (AvgIpc) is 2.35. The lowest BCUT2D eigenvalue weighted by Crippen LogP contribution is -2.32. The summed E-state index contributed by atoms with van der Waals surface area (Å²) in [5.74, 6) is 5.60. The number of nitro benzene ring substituents is 1. The van der Waals surface area contributed by atoms with Gasteiger partial charge in [-0.3, -0.25) is 16.0 Å². The van der Waals surface area contributed by atoms with E-state index in [1.165, 1.54) is 12.1 Å². The van der Waals surface area contributed by atoms with E-state index >= 15 is 0 Å². The normalized spacial score (nSPS) is 15.7. The van der Waals surface area contributed by atoms with Crippen molar-refractivity contribution in [1.29, 1.82) is 0 Å².